The average molecular weight is 332 g/mol. The molecule has 0 aromatic heterocycles. The first-order valence-electron chi connectivity index (χ1n) is 8.88. The largest absolute Gasteiger partial charge is 0.344 e. The number of amides is 1. The summed E-state index contributed by atoms with van der Waals surface area (Å²) in [6.07, 6.45) is 4.83. The first kappa shape index (κ1) is 15.9. The highest BCUT2D eigenvalue weighted by Gasteiger charge is 2.57. The van der Waals surface area contributed by atoms with Crippen molar-refractivity contribution in [1.29, 1.82) is 0 Å². The van der Waals surface area contributed by atoms with Crippen molar-refractivity contribution in [2.75, 3.05) is 11.4 Å². The summed E-state index contributed by atoms with van der Waals surface area (Å²) in [7, 11) is 0. The van der Waals surface area contributed by atoms with Crippen LogP contribution in [0, 0.1) is 6.92 Å². The van der Waals surface area contributed by atoms with Gasteiger partial charge in [-0.2, -0.15) is 0 Å². The molecule has 0 radical (unpaired) electrons. The molecule has 0 saturated carbocycles. The first-order chi connectivity index (χ1) is 11.9. The van der Waals surface area contributed by atoms with Crippen LogP contribution in [0.3, 0.4) is 0 Å². The molecule has 0 unspecified atom stereocenters. The maximum atomic E-state index is 12.4. The van der Waals surface area contributed by atoms with Gasteiger partial charge < -0.3 is 10.2 Å². The minimum Gasteiger partial charge on any atom is -0.344 e. The lowest BCUT2D eigenvalue weighted by atomic mass is 9.74. The Morgan fingerprint density at radius 1 is 1.12 bits per heavy atom. The molecule has 2 aliphatic heterocycles. The number of carbonyl (C=O) groups excluding carboxylic acids is 1. The molecule has 0 spiro atoms. The predicted molar refractivity (Wildman–Crippen MR) is 103 cm³/mol. The van der Waals surface area contributed by atoms with Gasteiger partial charge in [0.05, 0.1) is 0 Å². The van der Waals surface area contributed by atoms with Gasteiger partial charge in [-0.05, 0) is 30.2 Å². The van der Waals surface area contributed by atoms with E-state index < -0.39 is 5.66 Å². The molecule has 4 rings (SSSR count). The molecule has 25 heavy (non-hydrogen) atoms. The maximum Gasteiger partial charge on any atom is 0.223 e. The van der Waals surface area contributed by atoms with E-state index in [9.17, 15) is 4.79 Å². The second-order valence-corrected chi connectivity index (χ2v) is 7.61. The third-order valence-electron chi connectivity index (χ3n) is 5.70. The molecule has 2 aliphatic rings. The van der Waals surface area contributed by atoms with Gasteiger partial charge >= 0.3 is 0 Å². The van der Waals surface area contributed by atoms with Crippen molar-refractivity contribution in [3.8, 4) is 0 Å². The molecule has 1 N–H and O–H groups in total. The van der Waals surface area contributed by atoms with Gasteiger partial charge in [-0.3, -0.25) is 4.79 Å². The number of hydrogen-bond acceptors (Lipinski definition) is 2. The second-order valence-electron chi connectivity index (χ2n) is 7.61. The Hall–Kier alpha value is -2.55. The van der Waals surface area contributed by atoms with Gasteiger partial charge in [0, 0.05) is 24.1 Å². The standard InChI is InChI=1S/C22H24N2O/c1-16-9-10-19-18(15-16)21(2,3)22(23-20(25)12-14-24(19)22)13-11-17-7-5-4-6-8-17/h4-11,13,15H,12,14H2,1-3H3,(H,23,25)/t22-/m0/s1. The molecule has 3 nitrogen and oxygen atoms in total. The minimum absolute atomic E-state index is 0.117. The fourth-order valence-electron chi connectivity index (χ4n) is 4.25. The zero-order valence-electron chi connectivity index (χ0n) is 15.0. The second kappa shape index (κ2) is 5.48. The van der Waals surface area contributed by atoms with E-state index >= 15 is 0 Å². The summed E-state index contributed by atoms with van der Waals surface area (Å²) in [6, 6.07) is 16.9. The van der Waals surface area contributed by atoms with Gasteiger partial charge in [-0.25, -0.2) is 0 Å². The summed E-state index contributed by atoms with van der Waals surface area (Å²) in [5.74, 6) is 0.117. The van der Waals surface area contributed by atoms with Crippen LogP contribution in [0.4, 0.5) is 5.69 Å². The van der Waals surface area contributed by atoms with Crippen molar-refractivity contribution in [1.82, 2.24) is 5.32 Å². The van der Waals surface area contributed by atoms with Crippen LogP contribution in [-0.4, -0.2) is 18.1 Å². The fraction of sp³-hybridized carbons (Fsp3) is 0.318. The van der Waals surface area contributed by atoms with Crippen molar-refractivity contribution < 1.29 is 4.79 Å². The molecule has 1 atom stereocenters. The number of carbonyl (C=O) groups is 1. The van der Waals surface area contributed by atoms with Crippen LogP contribution in [0.15, 0.2) is 54.6 Å². The normalized spacial score (nSPS) is 24.1. The lowest BCUT2D eigenvalue weighted by molar-refractivity contribution is -0.124. The summed E-state index contributed by atoms with van der Waals surface area (Å²) < 4.78 is 0. The van der Waals surface area contributed by atoms with E-state index in [4.69, 9.17) is 0 Å². The van der Waals surface area contributed by atoms with E-state index in [1.807, 2.05) is 18.2 Å². The molecule has 1 fully saturated rings. The topological polar surface area (TPSA) is 32.3 Å². The third kappa shape index (κ3) is 2.30. The zero-order valence-corrected chi connectivity index (χ0v) is 15.0. The quantitative estimate of drug-likeness (QED) is 0.901. The van der Waals surface area contributed by atoms with Gasteiger partial charge in [0.25, 0.3) is 0 Å². The summed E-state index contributed by atoms with van der Waals surface area (Å²) in [5, 5.41) is 3.32. The summed E-state index contributed by atoms with van der Waals surface area (Å²) in [6.45, 7) is 7.32. The van der Waals surface area contributed by atoms with Gasteiger partial charge in [0.2, 0.25) is 5.91 Å². The molecule has 128 valence electrons. The zero-order chi connectivity index (χ0) is 17.7. The lowest BCUT2D eigenvalue weighted by Gasteiger charge is -2.49. The Kier molecular flexibility index (Phi) is 3.50. The molecule has 1 amide bonds. The summed E-state index contributed by atoms with van der Waals surface area (Å²) in [5.41, 5.74) is 4.16. The fourth-order valence-corrected chi connectivity index (χ4v) is 4.25. The van der Waals surface area contributed by atoms with Crippen molar-refractivity contribution >= 4 is 17.7 Å². The molecule has 1 saturated heterocycles. The van der Waals surface area contributed by atoms with Gasteiger partial charge in [0.15, 0.2) is 0 Å². The molecule has 2 heterocycles. The SMILES string of the molecule is Cc1ccc2c(c1)C(C)(C)[C@@]1(C=Cc3ccccc3)NC(=O)CCN21. The highest BCUT2D eigenvalue weighted by Crippen LogP contribution is 2.52. The Bertz CT molecular complexity index is 854. The predicted octanol–water partition coefficient (Wildman–Crippen LogP) is 4.02. The Balaban J connectivity index is 1.87. The molecule has 0 aliphatic carbocycles. The highest BCUT2D eigenvalue weighted by molar-refractivity contribution is 5.84. The van der Waals surface area contributed by atoms with E-state index in [0.717, 1.165) is 12.1 Å². The highest BCUT2D eigenvalue weighted by atomic mass is 16.2. The van der Waals surface area contributed by atoms with E-state index in [2.05, 4.69) is 73.5 Å². The average Bonchev–Trinajstić information content (AvgIpc) is 2.78. The van der Waals surface area contributed by atoms with Crippen LogP contribution in [0.25, 0.3) is 6.08 Å². The number of benzene rings is 2. The van der Waals surface area contributed by atoms with E-state index in [1.165, 1.54) is 16.8 Å². The summed E-state index contributed by atoms with van der Waals surface area (Å²) >= 11 is 0. The van der Waals surface area contributed by atoms with E-state index in [-0.39, 0.29) is 11.3 Å². The van der Waals surface area contributed by atoms with Crippen LogP contribution in [0.2, 0.25) is 0 Å². The third-order valence-corrected chi connectivity index (χ3v) is 5.70. The van der Waals surface area contributed by atoms with Crippen molar-refractivity contribution in [2.45, 2.75) is 38.3 Å². The Morgan fingerprint density at radius 3 is 2.64 bits per heavy atom. The Labute approximate surface area is 149 Å². The van der Waals surface area contributed by atoms with Gasteiger partial charge in [-0.15, -0.1) is 0 Å². The number of nitrogens with one attached hydrogen (secondary N) is 1. The van der Waals surface area contributed by atoms with Gasteiger partial charge in [-0.1, -0.05) is 68.0 Å². The number of aryl methyl sites for hydroxylation is 1. The van der Waals surface area contributed by atoms with Crippen molar-refractivity contribution in [3.63, 3.8) is 0 Å². The monoisotopic (exact) mass is 332 g/mol. The van der Waals surface area contributed by atoms with Gasteiger partial charge in [0.1, 0.15) is 5.66 Å². The van der Waals surface area contributed by atoms with E-state index in [0.29, 0.717) is 6.42 Å². The number of hydrogen-bond donors (Lipinski definition) is 1. The number of nitrogens with zero attached hydrogens (tertiary/aromatic N) is 1. The number of rotatable bonds is 2. The smallest absolute Gasteiger partial charge is 0.223 e. The molecular formula is C22H24N2O. The van der Waals surface area contributed by atoms with Crippen LogP contribution in [0.5, 0.6) is 0 Å². The van der Waals surface area contributed by atoms with E-state index in [1.54, 1.807) is 0 Å². The maximum absolute atomic E-state index is 12.4. The number of anilines is 1. The molecular weight excluding hydrogens is 308 g/mol. The van der Waals surface area contributed by atoms with Crippen molar-refractivity contribution in [2.24, 2.45) is 0 Å². The van der Waals surface area contributed by atoms with Crippen LogP contribution in [0.1, 0.15) is 37.0 Å². The van der Waals surface area contributed by atoms with Crippen LogP contribution < -0.4 is 10.2 Å². The Morgan fingerprint density at radius 2 is 1.88 bits per heavy atom. The number of fused-ring (bicyclic) bond motifs is 3. The molecule has 0 bridgehead atoms. The minimum atomic E-state index is -0.533. The summed E-state index contributed by atoms with van der Waals surface area (Å²) in [4.78, 5) is 14.7. The first-order valence-corrected chi connectivity index (χ1v) is 8.88. The molecule has 2 aromatic rings. The van der Waals surface area contributed by atoms with Crippen molar-refractivity contribution in [3.05, 3.63) is 71.3 Å². The molecule has 3 heteroatoms. The lowest BCUT2D eigenvalue weighted by Crippen LogP contribution is -2.68. The van der Waals surface area contributed by atoms with Crippen LogP contribution >= 0.6 is 0 Å². The molecule has 2 aromatic carbocycles. The van der Waals surface area contributed by atoms with Crippen LogP contribution in [-0.2, 0) is 10.2 Å².